The maximum Gasteiger partial charge on any atom is 0.0839 e. The Morgan fingerprint density at radius 3 is 2.31 bits per heavy atom. The minimum atomic E-state index is 1.11. The van der Waals surface area contributed by atoms with Crippen molar-refractivity contribution in [2.75, 3.05) is 0 Å². The Hall–Kier alpha value is -1.05. The summed E-state index contributed by atoms with van der Waals surface area (Å²) in [4.78, 5) is 9.13. The van der Waals surface area contributed by atoms with E-state index in [9.17, 15) is 0 Å². The fraction of sp³-hybridized carbons (Fsp3) is 0.538. The number of hydrogen-bond donors (Lipinski definition) is 0. The number of isothiocyanates is 1. The molecule has 16 heavy (non-hydrogen) atoms. The lowest BCUT2D eigenvalue weighted by molar-refractivity contribution is 0.664. The van der Waals surface area contributed by atoms with Crippen molar-refractivity contribution in [2.45, 2.75) is 44.9 Å². The Morgan fingerprint density at radius 2 is 1.56 bits per heavy atom. The second-order valence-electron chi connectivity index (χ2n) is 4.57. The number of aliphatic imine (C=N–C) groups is 1. The molecule has 0 saturated heterocycles. The Kier molecular flexibility index (Phi) is 2.58. The third kappa shape index (κ3) is 1.51. The summed E-state index contributed by atoms with van der Waals surface area (Å²) in [6.07, 6.45) is 8.19. The molecule has 0 fully saturated rings. The van der Waals surface area contributed by atoms with Gasteiger partial charge in [0.1, 0.15) is 0 Å². The molecule has 0 N–H and O–H groups in total. The zero-order valence-electron chi connectivity index (χ0n) is 9.25. The van der Waals surface area contributed by atoms with E-state index in [4.69, 9.17) is 17.2 Å². The van der Waals surface area contributed by atoms with Crippen molar-refractivity contribution in [1.82, 2.24) is 4.98 Å². The van der Waals surface area contributed by atoms with Gasteiger partial charge >= 0.3 is 0 Å². The number of hydrogen-bond acceptors (Lipinski definition) is 3. The van der Waals surface area contributed by atoms with Crippen LogP contribution in [0.3, 0.4) is 0 Å². The molecule has 0 bridgehead atoms. The highest BCUT2D eigenvalue weighted by Gasteiger charge is 2.23. The van der Waals surface area contributed by atoms with Crippen LogP contribution in [0.25, 0.3) is 0 Å². The molecule has 82 valence electrons. The predicted octanol–water partition coefficient (Wildman–Crippen LogP) is 3.18. The van der Waals surface area contributed by atoms with Crippen molar-refractivity contribution in [3.8, 4) is 0 Å². The third-order valence-corrected chi connectivity index (χ3v) is 3.72. The highest BCUT2D eigenvalue weighted by atomic mass is 32.1. The van der Waals surface area contributed by atoms with Crippen LogP contribution < -0.4 is 0 Å². The Bertz CT molecular complexity index is 487. The van der Waals surface area contributed by atoms with E-state index >= 15 is 0 Å². The van der Waals surface area contributed by atoms with Gasteiger partial charge in [-0.25, -0.2) is 0 Å². The van der Waals surface area contributed by atoms with Crippen molar-refractivity contribution >= 4 is 23.1 Å². The summed E-state index contributed by atoms with van der Waals surface area (Å²) in [6.45, 7) is 0. The molecule has 0 spiro atoms. The van der Waals surface area contributed by atoms with Crippen LogP contribution >= 0.6 is 12.2 Å². The molecule has 2 nitrogen and oxygen atoms in total. The van der Waals surface area contributed by atoms with Gasteiger partial charge in [-0.3, -0.25) is 4.98 Å². The first-order chi connectivity index (χ1) is 7.90. The Labute approximate surface area is 101 Å². The molecule has 0 unspecified atom stereocenters. The smallest absolute Gasteiger partial charge is 0.0839 e. The van der Waals surface area contributed by atoms with E-state index in [1.165, 1.54) is 41.8 Å². The van der Waals surface area contributed by atoms with Gasteiger partial charge in [-0.15, -0.1) is 0 Å². The van der Waals surface area contributed by atoms with Gasteiger partial charge in [-0.1, -0.05) is 0 Å². The number of aryl methyl sites for hydroxylation is 2. The first kappa shape index (κ1) is 10.1. The van der Waals surface area contributed by atoms with Crippen molar-refractivity contribution < 1.29 is 0 Å². The van der Waals surface area contributed by atoms with E-state index in [0.29, 0.717) is 0 Å². The summed E-state index contributed by atoms with van der Waals surface area (Å²) < 4.78 is 0. The molecule has 3 rings (SSSR count). The molecule has 0 amide bonds. The van der Waals surface area contributed by atoms with Gasteiger partial charge in [-0.05, 0) is 57.2 Å². The Balaban J connectivity index is 2.25. The standard InChI is InChI=1S/C13H14N2S/c16-8-14-13-9-4-1-2-6-11(9)15-12-7-3-5-10(12)13/h1-7H2. The van der Waals surface area contributed by atoms with E-state index in [1.807, 2.05) is 0 Å². The molecule has 1 aromatic heterocycles. The lowest BCUT2D eigenvalue weighted by Crippen LogP contribution is -2.08. The van der Waals surface area contributed by atoms with Gasteiger partial charge in [0, 0.05) is 22.5 Å². The maximum atomic E-state index is 4.81. The van der Waals surface area contributed by atoms with Crippen LogP contribution in [-0.2, 0) is 25.7 Å². The van der Waals surface area contributed by atoms with Gasteiger partial charge in [0.05, 0.1) is 10.8 Å². The maximum absolute atomic E-state index is 4.81. The topological polar surface area (TPSA) is 25.2 Å². The summed E-state index contributed by atoms with van der Waals surface area (Å²) in [5, 5.41) is 2.54. The number of nitrogens with zero attached hydrogens (tertiary/aromatic N) is 2. The molecule has 0 saturated carbocycles. The summed E-state index contributed by atoms with van der Waals surface area (Å²) >= 11 is 4.77. The molecule has 2 aliphatic rings. The van der Waals surface area contributed by atoms with Crippen LogP contribution in [0, 0.1) is 0 Å². The van der Waals surface area contributed by atoms with Gasteiger partial charge in [0.2, 0.25) is 0 Å². The van der Waals surface area contributed by atoms with E-state index in [0.717, 1.165) is 31.4 Å². The quantitative estimate of drug-likeness (QED) is 0.547. The van der Waals surface area contributed by atoms with Crippen LogP contribution in [0.2, 0.25) is 0 Å². The van der Waals surface area contributed by atoms with Gasteiger partial charge < -0.3 is 0 Å². The normalized spacial score (nSPS) is 17.5. The number of rotatable bonds is 1. The lowest BCUT2D eigenvalue weighted by atomic mass is 9.92. The second-order valence-corrected chi connectivity index (χ2v) is 4.76. The second kappa shape index (κ2) is 4.08. The van der Waals surface area contributed by atoms with E-state index in [-0.39, 0.29) is 0 Å². The average molecular weight is 230 g/mol. The average Bonchev–Trinajstić information content (AvgIpc) is 2.77. The van der Waals surface area contributed by atoms with Gasteiger partial charge in [0.25, 0.3) is 0 Å². The van der Waals surface area contributed by atoms with Gasteiger partial charge in [0.15, 0.2) is 0 Å². The summed E-state index contributed by atoms with van der Waals surface area (Å²) in [5.74, 6) is 0. The summed E-state index contributed by atoms with van der Waals surface area (Å²) in [7, 11) is 0. The van der Waals surface area contributed by atoms with E-state index in [2.05, 4.69) is 10.2 Å². The van der Waals surface area contributed by atoms with Crippen molar-refractivity contribution in [2.24, 2.45) is 4.99 Å². The fourth-order valence-corrected chi connectivity index (χ4v) is 2.99. The first-order valence-corrected chi connectivity index (χ1v) is 6.42. The number of pyridine rings is 1. The van der Waals surface area contributed by atoms with E-state index in [1.54, 1.807) is 0 Å². The summed E-state index contributed by atoms with van der Waals surface area (Å²) in [5.41, 5.74) is 6.36. The minimum absolute atomic E-state index is 1.11. The van der Waals surface area contributed by atoms with Crippen molar-refractivity contribution in [1.29, 1.82) is 0 Å². The van der Waals surface area contributed by atoms with Crippen LogP contribution in [0.4, 0.5) is 5.69 Å². The molecule has 1 heterocycles. The zero-order valence-corrected chi connectivity index (χ0v) is 10.1. The molecule has 0 aromatic carbocycles. The SMILES string of the molecule is S=C=Nc1c2c(nc3c1CCC3)CCCC2. The molecule has 2 aliphatic carbocycles. The van der Waals surface area contributed by atoms with E-state index < -0.39 is 0 Å². The molecular formula is C13H14N2S. The Morgan fingerprint density at radius 1 is 0.938 bits per heavy atom. The van der Waals surface area contributed by atoms with Gasteiger partial charge in [-0.2, -0.15) is 4.99 Å². The highest BCUT2D eigenvalue weighted by molar-refractivity contribution is 7.78. The zero-order chi connectivity index (χ0) is 11.0. The minimum Gasteiger partial charge on any atom is -0.257 e. The van der Waals surface area contributed by atoms with Crippen molar-refractivity contribution in [3.05, 3.63) is 22.5 Å². The molecule has 3 heteroatoms. The highest BCUT2D eigenvalue weighted by Crippen LogP contribution is 2.37. The first-order valence-electron chi connectivity index (χ1n) is 6.01. The van der Waals surface area contributed by atoms with Crippen LogP contribution in [0.1, 0.15) is 41.8 Å². The molecule has 0 radical (unpaired) electrons. The van der Waals surface area contributed by atoms with Crippen molar-refractivity contribution in [3.63, 3.8) is 0 Å². The fourth-order valence-electron chi connectivity index (χ4n) is 2.90. The number of thiocarbonyl (C=S) groups is 1. The lowest BCUT2D eigenvalue weighted by Gasteiger charge is -2.18. The molecular weight excluding hydrogens is 216 g/mol. The molecule has 0 atom stereocenters. The predicted molar refractivity (Wildman–Crippen MR) is 67.6 cm³/mol. The number of fused-ring (bicyclic) bond motifs is 2. The molecule has 0 aliphatic heterocycles. The number of aromatic nitrogens is 1. The van der Waals surface area contributed by atoms with Crippen LogP contribution in [-0.4, -0.2) is 10.1 Å². The summed E-state index contributed by atoms with van der Waals surface area (Å²) in [6, 6.07) is 0. The van der Waals surface area contributed by atoms with Crippen LogP contribution in [0.15, 0.2) is 4.99 Å². The monoisotopic (exact) mass is 230 g/mol. The molecule has 1 aromatic rings. The van der Waals surface area contributed by atoms with Crippen LogP contribution in [0.5, 0.6) is 0 Å². The third-order valence-electron chi connectivity index (χ3n) is 3.63. The largest absolute Gasteiger partial charge is 0.257 e.